The van der Waals surface area contributed by atoms with Gasteiger partial charge >= 0.3 is 0 Å². The summed E-state index contributed by atoms with van der Waals surface area (Å²) in [7, 11) is 0. The molecule has 4 nitrogen and oxygen atoms in total. The van der Waals surface area contributed by atoms with E-state index in [1.807, 2.05) is 13.8 Å². The van der Waals surface area contributed by atoms with Crippen LogP contribution in [0.5, 0.6) is 5.75 Å². The van der Waals surface area contributed by atoms with Crippen LogP contribution in [0.3, 0.4) is 0 Å². The lowest BCUT2D eigenvalue weighted by Gasteiger charge is -2.19. The van der Waals surface area contributed by atoms with Gasteiger partial charge in [-0.05, 0) is 26.0 Å². The summed E-state index contributed by atoms with van der Waals surface area (Å²) in [6.45, 7) is 3.89. The van der Waals surface area contributed by atoms with Gasteiger partial charge in [-0.3, -0.25) is 4.79 Å². The minimum absolute atomic E-state index is 0.129. The molecule has 6 heteroatoms. The van der Waals surface area contributed by atoms with Gasteiger partial charge in [-0.15, -0.1) is 0 Å². The van der Waals surface area contributed by atoms with E-state index in [0.717, 1.165) is 0 Å². The van der Waals surface area contributed by atoms with Crippen LogP contribution >= 0.6 is 23.2 Å². The molecule has 0 spiro atoms. The number of rotatable bonds is 5. The maximum absolute atomic E-state index is 11.5. The van der Waals surface area contributed by atoms with Crippen LogP contribution in [-0.4, -0.2) is 24.6 Å². The molecule has 100 valence electrons. The lowest BCUT2D eigenvalue weighted by Crippen LogP contribution is -2.46. The first-order chi connectivity index (χ1) is 8.28. The van der Waals surface area contributed by atoms with Crippen molar-refractivity contribution >= 4 is 29.1 Å². The van der Waals surface area contributed by atoms with Crippen LogP contribution < -0.4 is 15.8 Å². The third-order valence-electron chi connectivity index (χ3n) is 1.99. The third kappa shape index (κ3) is 5.58. The average Bonchev–Trinajstić information content (AvgIpc) is 2.26. The fraction of sp³-hybridized carbons (Fsp3) is 0.417. The Morgan fingerprint density at radius 3 is 2.72 bits per heavy atom. The quantitative estimate of drug-likeness (QED) is 0.874. The minimum Gasteiger partial charge on any atom is -0.482 e. The van der Waals surface area contributed by atoms with E-state index < -0.39 is 5.54 Å². The molecule has 1 rings (SSSR count). The normalized spacial score (nSPS) is 11.2. The summed E-state index contributed by atoms with van der Waals surface area (Å²) in [6, 6.07) is 4.82. The van der Waals surface area contributed by atoms with Crippen molar-refractivity contribution in [3.63, 3.8) is 0 Å². The summed E-state index contributed by atoms with van der Waals surface area (Å²) in [6.07, 6.45) is 0. The van der Waals surface area contributed by atoms with E-state index in [-0.39, 0.29) is 12.5 Å². The molecule has 0 aliphatic carbocycles. The summed E-state index contributed by atoms with van der Waals surface area (Å²) in [4.78, 5) is 11.5. The highest BCUT2D eigenvalue weighted by atomic mass is 35.5. The smallest absolute Gasteiger partial charge is 0.258 e. The number of amides is 1. The lowest BCUT2D eigenvalue weighted by atomic mass is 10.1. The van der Waals surface area contributed by atoms with Crippen LogP contribution in [-0.2, 0) is 4.79 Å². The lowest BCUT2D eigenvalue weighted by molar-refractivity contribution is -0.123. The molecule has 0 aliphatic rings. The fourth-order valence-corrected chi connectivity index (χ4v) is 1.44. The van der Waals surface area contributed by atoms with E-state index in [1.54, 1.807) is 18.2 Å². The maximum atomic E-state index is 11.5. The summed E-state index contributed by atoms with van der Waals surface area (Å²) in [5.41, 5.74) is 5.29. The number of carbonyl (C=O) groups is 1. The largest absolute Gasteiger partial charge is 0.482 e. The molecular formula is C12H16Cl2N2O2. The molecule has 0 aliphatic heterocycles. The molecule has 0 heterocycles. The summed E-state index contributed by atoms with van der Waals surface area (Å²) >= 11 is 11.7. The average molecular weight is 291 g/mol. The Hall–Kier alpha value is -0.970. The molecule has 0 bridgehead atoms. The van der Waals surface area contributed by atoms with E-state index in [2.05, 4.69) is 5.32 Å². The Morgan fingerprint density at radius 1 is 1.44 bits per heavy atom. The molecule has 0 fully saturated rings. The highest BCUT2D eigenvalue weighted by Gasteiger charge is 2.13. The zero-order chi connectivity index (χ0) is 13.8. The van der Waals surface area contributed by atoms with Gasteiger partial charge in [0.25, 0.3) is 5.91 Å². The SMILES string of the molecule is CC(C)(N)CNC(=O)COc1cc(Cl)ccc1Cl. The Balaban J connectivity index is 2.45. The molecule has 18 heavy (non-hydrogen) atoms. The predicted octanol–water partition coefficient (Wildman–Crippen LogP) is 2.23. The molecule has 0 aromatic heterocycles. The van der Waals surface area contributed by atoms with Crippen LogP contribution in [0.1, 0.15) is 13.8 Å². The van der Waals surface area contributed by atoms with Crippen LogP contribution in [0.25, 0.3) is 0 Å². The molecule has 1 aromatic rings. The number of hydrogen-bond donors (Lipinski definition) is 2. The number of nitrogens with one attached hydrogen (secondary N) is 1. The summed E-state index contributed by atoms with van der Waals surface area (Å²) in [5.74, 6) is 0.121. The predicted molar refractivity (Wildman–Crippen MR) is 73.2 cm³/mol. The second-order valence-electron chi connectivity index (χ2n) is 4.63. The van der Waals surface area contributed by atoms with Crippen molar-refractivity contribution in [2.75, 3.05) is 13.2 Å². The van der Waals surface area contributed by atoms with Gasteiger partial charge in [-0.2, -0.15) is 0 Å². The summed E-state index contributed by atoms with van der Waals surface area (Å²) < 4.78 is 5.28. The highest BCUT2D eigenvalue weighted by Crippen LogP contribution is 2.27. The van der Waals surface area contributed by atoms with Crippen LogP contribution in [0.4, 0.5) is 0 Å². The second kappa shape index (κ2) is 6.27. The number of benzene rings is 1. The van der Waals surface area contributed by atoms with Gasteiger partial charge in [0.05, 0.1) is 5.02 Å². The maximum Gasteiger partial charge on any atom is 0.258 e. The van der Waals surface area contributed by atoms with Gasteiger partial charge < -0.3 is 15.8 Å². The first-order valence-corrected chi connectivity index (χ1v) is 6.17. The Kier molecular flexibility index (Phi) is 5.26. The van der Waals surface area contributed by atoms with Crippen molar-refractivity contribution in [2.45, 2.75) is 19.4 Å². The molecular weight excluding hydrogens is 275 g/mol. The molecule has 1 aromatic carbocycles. The van der Waals surface area contributed by atoms with Gasteiger partial charge in [0.15, 0.2) is 6.61 Å². The second-order valence-corrected chi connectivity index (χ2v) is 5.47. The van der Waals surface area contributed by atoms with E-state index in [1.165, 1.54) is 0 Å². The monoisotopic (exact) mass is 290 g/mol. The Labute approximate surface area is 116 Å². The zero-order valence-corrected chi connectivity index (χ0v) is 11.8. The van der Waals surface area contributed by atoms with E-state index in [0.29, 0.717) is 22.3 Å². The molecule has 0 atom stereocenters. The first kappa shape index (κ1) is 15.1. The minimum atomic E-state index is -0.455. The number of ether oxygens (including phenoxy) is 1. The van der Waals surface area contributed by atoms with E-state index in [4.69, 9.17) is 33.7 Å². The third-order valence-corrected chi connectivity index (χ3v) is 2.54. The van der Waals surface area contributed by atoms with Crippen molar-refractivity contribution in [3.8, 4) is 5.75 Å². The number of hydrogen-bond acceptors (Lipinski definition) is 3. The molecule has 0 saturated heterocycles. The topological polar surface area (TPSA) is 64.3 Å². The summed E-state index contributed by atoms with van der Waals surface area (Å²) in [5, 5.41) is 3.57. The van der Waals surface area contributed by atoms with Crippen molar-refractivity contribution in [2.24, 2.45) is 5.73 Å². The van der Waals surface area contributed by atoms with Crippen molar-refractivity contribution in [1.82, 2.24) is 5.32 Å². The Morgan fingerprint density at radius 2 is 2.11 bits per heavy atom. The zero-order valence-electron chi connectivity index (χ0n) is 10.3. The molecule has 0 radical (unpaired) electrons. The van der Waals surface area contributed by atoms with Crippen molar-refractivity contribution in [3.05, 3.63) is 28.2 Å². The standard InChI is InChI=1S/C12H16Cl2N2O2/c1-12(2,15)7-16-11(17)6-18-10-5-8(13)3-4-9(10)14/h3-5H,6-7,15H2,1-2H3,(H,16,17). The fourth-order valence-electron chi connectivity index (χ4n) is 1.11. The number of carbonyl (C=O) groups excluding carboxylic acids is 1. The van der Waals surface area contributed by atoms with Crippen LogP contribution in [0.15, 0.2) is 18.2 Å². The van der Waals surface area contributed by atoms with E-state index >= 15 is 0 Å². The molecule has 1 amide bonds. The van der Waals surface area contributed by atoms with Gasteiger partial charge in [-0.25, -0.2) is 0 Å². The van der Waals surface area contributed by atoms with Gasteiger partial charge in [-0.1, -0.05) is 23.2 Å². The van der Waals surface area contributed by atoms with E-state index in [9.17, 15) is 4.79 Å². The van der Waals surface area contributed by atoms with Crippen LogP contribution in [0, 0.1) is 0 Å². The highest BCUT2D eigenvalue weighted by molar-refractivity contribution is 6.34. The first-order valence-electron chi connectivity index (χ1n) is 5.41. The molecule has 0 unspecified atom stereocenters. The Bertz CT molecular complexity index is 431. The van der Waals surface area contributed by atoms with Crippen molar-refractivity contribution in [1.29, 1.82) is 0 Å². The van der Waals surface area contributed by atoms with Gasteiger partial charge in [0.1, 0.15) is 5.75 Å². The molecule has 3 N–H and O–H groups in total. The number of halogens is 2. The number of nitrogens with two attached hydrogens (primary N) is 1. The van der Waals surface area contributed by atoms with Crippen molar-refractivity contribution < 1.29 is 9.53 Å². The van der Waals surface area contributed by atoms with Gasteiger partial charge in [0, 0.05) is 23.2 Å². The van der Waals surface area contributed by atoms with Crippen LogP contribution in [0.2, 0.25) is 10.0 Å². The van der Waals surface area contributed by atoms with Gasteiger partial charge in [0.2, 0.25) is 0 Å². The molecule has 0 saturated carbocycles.